The number of rotatable bonds is 5. The summed E-state index contributed by atoms with van der Waals surface area (Å²) in [4.78, 5) is 27.9. The van der Waals surface area contributed by atoms with Gasteiger partial charge >= 0.3 is 0 Å². The average molecular weight is 391 g/mol. The van der Waals surface area contributed by atoms with Crippen LogP contribution in [0.25, 0.3) is 11.3 Å². The van der Waals surface area contributed by atoms with Gasteiger partial charge in [0.05, 0.1) is 11.9 Å². The molecule has 0 aliphatic carbocycles. The number of carbonyl (C=O) groups is 1. The molecular formula is C22H22FN5O. The summed E-state index contributed by atoms with van der Waals surface area (Å²) in [5.41, 5.74) is 8.39. The molecule has 1 aliphatic heterocycles. The van der Waals surface area contributed by atoms with E-state index < -0.39 is 5.82 Å². The highest BCUT2D eigenvalue weighted by Crippen LogP contribution is 2.26. The van der Waals surface area contributed by atoms with Crippen molar-refractivity contribution in [2.24, 2.45) is 0 Å². The Hall–Kier alpha value is -3.35. The van der Waals surface area contributed by atoms with Crippen LogP contribution >= 0.6 is 0 Å². The quantitative estimate of drug-likeness (QED) is 0.668. The second-order valence-electron chi connectivity index (χ2n) is 7.12. The molecule has 1 saturated heterocycles. The summed E-state index contributed by atoms with van der Waals surface area (Å²) in [6, 6.07) is 8.19. The first-order valence-corrected chi connectivity index (χ1v) is 9.72. The summed E-state index contributed by atoms with van der Waals surface area (Å²) in [7, 11) is 0. The molecule has 29 heavy (non-hydrogen) atoms. The van der Waals surface area contributed by atoms with E-state index in [2.05, 4.69) is 19.9 Å². The van der Waals surface area contributed by atoms with Crippen LogP contribution in [0.4, 0.5) is 15.9 Å². The molecule has 3 heterocycles. The number of nitrogens with zero attached hydrogens (tertiary/aromatic N) is 4. The van der Waals surface area contributed by atoms with Crippen LogP contribution in [0.3, 0.4) is 0 Å². The molecule has 4 rings (SSSR count). The van der Waals surface area contributed by atoms with Gasteiger partial charge in [-0.3, -0.25) is 9.78 Å². The second kappa shape index (κ2) is 8.34. The van der Waals surface area contributed by atoms with Crippen LogP contribution in [-0.2, 0) is 6.42 Å². The van der Waals surface area contributed by atoms with Crippen LogP contribution in [0.2, 0.25) is 0 Å². The van der Waals surface area contributed by atoms with Crippen LogP contribution in [-0.4, -0.2) is 33.8 Å². The van der Waals surface area contributed by atoms with Gasteiger partial charge in [0.25, 0.3) is 0 Å². The van der Waals surface area contributed by atoms with Crippen LogP contribution in [0.5, 0.6) is 0 Å². The summed E-state index contributed by atoms with van der Waals surface area (Å²) in [6.07, 6.45) is 8.45. The summed E-state index contributed by atoms with van der Waals surface area (Å²) in [5.74, 6) is -0.650. The molecule has 7 heteroatoms. The zero-order valence-electron chi connectivity index (χ0n) is 16.0. The molecule has 3 aromatic rings. The minimum atomic E-state index is -0.426. The SMILES string of the molecule is Nc1ncc(-c2ccccc2F)nc1C(=O)Cc1cnccc1N1CCCCC1. The summed E-state index contributed by atoms with van der Waals surface area (Å²) in [5, 5.41) is 0. The fourth-order valence-corrected chi connectivity index (χ4v) is 3.66. The molecule has 1 aliphatic rings. The molecule has 0 radical (unpaired) electrons. The molecular weight excluding hydrogens is 369 g/mol. The summed E-state index contributed by atoms with van der Waals surface area (Å²) in [6.45, 7) is 1.94. The number of carbonyl (C=O) groups excluding carboxylic acids is 1. The summed E-state index contributed by atoms with van der Waals surface area (Å²) < 4.78 is 14.1. The van der Waals surface area contributed by atoms with Gasteiger partial charge in [-0.05, 0) is 37.5 Å². The Morgan fingerprint density at radius 2 is 1.90 bits per heavy atom. The van der Waals surface area contributed by atoms with Crippen molar-refractivity contribution >= 4 is 17.3 Å². The van der Waals surface area contributed by atoms with Gasteiger partial charge in [0, 0.05) is 48.7 Å². The molecule has 0 amide bonds. The number of halogens is 1. The number of pyridine rings is 1. The molecule has 6 nitrogen and oxygen atoms in total. The number of aromatic nitrogens is 3. The van der Waals surface area contributed by atoms with Gasteiger partial charge in [-0.2, -0.15) is 0 Å². The lowest BCUT2D eigenvalue weighted by Gasteiger charge is -2.30. The number of benzene rings is 1. The molecule has 0 unspecified atom stereocenters. The lowest BCUT2D eigenvalue weighted by Crippen LogP contribution is -2.30. The zero-order chi connectivity index (χ0) is 20.2. The zero-order valence-corrected chi connectivity index (χ0v) is 16.0. The molecule has 1 fully saturated rings. The average Bonchev–Trinajstić information content (AvgIpc) is 2.75. The van der Waals surface area contributed by atoms with Crippen molar-refractivity contribution in [2.75, 3.05) is 23.7 Å². The highest BCUT2D eigenvalue weighted by Gasteiger charge is 2.20. The van der Waals surface area contributed by atoms with Crippen molar-refractivity contribution in [3.63, 3.8) is 0 Å². The standard InChI is InChI=1S/C22H22FN5O/c23-17-7-3-2-6-16(17)18-14-26-22(24)21(27-18)20(29)12-15-13-25-9-8-19(15)28-10-4-1-5-11-28/h2-3,6-9,13-14H,1,4-5,10-12H2,(H2,24,26). The Balaban J connectivity index is 1.63. The number of nitrogen functional groups attached to an aromatic ring is 1. The third-order valence-corrected chi connectivity index (χ3v) is 5.14. The predicted molar refractivity (Wildman–Crippen MR) is 110 cm³/mol. The maximum atomic E-state index is 14.1. The maximum Gasteiger partial charge on any atom is 0.189 e. The van der Waals surface area contributed by atoms with E-state index in [1.54, 1.807) is 30.6 Å². The molecule has 148 valence electrons. The van der Waals surface area contributed by atoms with E-state index in [4.69, 9.17) is 5.73 Å². The number of nitrogens with two attached hydrogens (primary N) is 1. The lowest BCUT2D eigenvalue weighted by molar-refractivity contribution is 0.0989. The van der Waals surface area contributed by atoms with Crippen molar-refractivity contribution in [3.05, 3.63) is 66.0 Å². The number of anilines is 2. The molecule has 2 N–H and O–H groups in total. The Bertz CT molecular complexity index is 1030. The maximum absolute atomic E-state index is 14.1. The van der Waals surface area contributed by atoms with E-state index in [1.807, 2.05) is 6.07 Å². The topological polar surface area (TPSA) is 85.0 Å². The van der Waals surface area contributed by atoms with Gasteiger partial charge < -0.3 is 10.6 Å². The van der Waals surface area contributed by atoms with Crippen LogP contribution < -0.4 is 10.6 Å². The third-order valence-electron chi connectivity index (χ3n) is 5.14. The molecule has 2 aromatic heterocycles. The van der Waals surface area contributed by atoms with E-state index in [0.29, 0.717) is 0 Å². The fourth-order valence-electron chi connectivity index (χ4n) is 3.66. The smallest absolute Gasteiger partial charge is 0.189 e. The molecule has 0 spiro atoms. The monoisotopic (exact) mass is 391 g/mol. The van der Waals surface area contributed by atoms with Gasteiger partial charge in [0.15, 0.2) is 11.6 Å². The summed E-state index contributed by atoms with van der Waals surface area (Å²) >= 11 is 0. The molecule has 0 atom stereocenters. The number of hydrogen-bond acceptors (Lipinski definition) is 6. The third kappa shape index (κ3) is 4.08. The number of ketones is 1. The normalized spacial score (nSPS) is 14.0. The first-order valence-electron chi connectivity index (χ1n) is 9.72. The van der Waals surface area contributed by atoms with Crippen molar-refractivity contribution in [3.8, 4) is 11.3 Å². The molecule has 1 aromatic carbocycles. The van der Waals surface area contributed by atoms with E-state index in [1.165, 1.54) is 18.7 Å². The number of hydrogen-bond donors (Lipinski definition) is 1. The Morgan fingerprint density at radius 1 is 1.10 bits per heavy atom. The van der Waals surface area contributed by atoms with Gasteiger partial charge in [-0.1, -0.05) is 12.1 Å². The van der Waals surface area contributed by atoms with Gasteiger partial charge in [0.1, 0.15) is 11.5 Å². The minimum absolute atomic E-state index is 0.0403. The largest absolute Gasteiger partial charge is 0.382 e. The molecule has 0 saturated carbocycles. The highest BCUT2D eigenvalue weighted by atomic mass is 19.1. The van der Waals surface area contributed by atoms with Crippen molar-refractivity contribution in [1.82, 2.24) is 15.0 Å². The number of Topliss-reactive ketones (excluding diaryl/α,β-unsaturated/α-hetero) is 1. The van der Waals surface area contributed by atoms with E-state index in [9.17, 15) is 9.18 Å². The Labute approximate surface area is 168 Å². The van der Waals surface area contributed by atoms with Crippen LogP contribution in [0, 0.1) is 5.82 Å². The van der Waals surface area contributed by atoms with Gasteiger partial charge in [-0.25, -0.2) is 14.4 Å². The minimum Gasteiger partial charge on any atom is -0.382 e. The first-order chi connectivity index (χ1) is 14.1. The van der Waals surface area contributed by atoms with E-state index >= 15 is 0 Å². The predicted octanol–water partition coefficient (Wildman–Crippen LogP) is 3.68. The first kappa shape index (κ1) is 19.0. The van der Waals surface area contributed by atoms with Crippen LogP contribution in [0.1, 0.15) is 35.3 Å². The van der Waals surface area contributed by atoms with Crippen LogP contribution in [0.15, 0.2) is 48.9 Å². The van der Waals surface area contributed by atoms with Crippen molar-refractivity contribution in [1.29, 1.82) is 0 Å². The lowest BCUT2D eigenvalue weighted by atomic mass is 10.0. The Morgan fingerprint density at radius 3 is 2.69 bits per heavy atom. The van der Waals surface area contributed by atoms with Gasteiger partial charge in [0.2, 0.25) is 0 Å². The fraction of sp³-hybridized carbons (Fsp3) is 0.273. The Kier molecular flexibility index (Phi) is 5.46. The highest BCUT2D eigenvalue weighted by molar-refractivity contribution is 6.00. The van der Waals surface area contributed by atoms with E-state index in [0.717, 1.165) is 37.2 Å². The van der Waals surface area contributed by atoms with Gasteiger partial charge in [-0.15, -0.1) is 0 Å². The molecule has 0 bridgehead atoms. The number of piperidine rings is 1. The van der Waals surface area contributed by atoms with E-state index in [-0.39, 0.29) is 35.0 Å². The second-order valence-corrected chi connectivity index (χ2v) is 7.12. The van der Waals surface area contributed by atoms with Crippen molar-refractivity contribution < 1.29 is 9.18 Å². The van der Waals surface area contributed by atoms with Crippen molar-refractivity contribution in [2.45, 2.75) is 25.7 Å².